The average molecular weight is 186 g/mol. The van der Waals surface area contributed by atoms with Crippen LogP contribution < -0.4 is 0 Å². The van der Waals surface area contributed by atoms with Crippen molar-refractivity contribution >= 4 is 0 Å². The summed E-state index contributed by atoms with van der Waals surface area (Å²) in [5.41, 5.74) is -0.247. The van der Waals surface area contributed by atoms with Crippen LogP contribution in [-0.2, 0) is 4.74 Å². The van der Waals surface area contributed by atoms with Crippen molar-refractivity contribution in [2.75, 3.05) is 6.61 Å². The highest BCUT2D eigenvalue weighted by Gasteiger charge is 2.57. The first-order valence-corrected chi connectivity index (χ1v) is 4.97. The Kier molecular flexibility index (Phi) is 1.95. The Labute approximate surface area is 78.7 Å². The van der Waals surface area contributed by atoms with Crippen LogP contribution in [0.25, 0.3) is 0 Å². The third-order valence-electron chi connectivity index (χ3n) is 3.97. The minimum Gasteiger partial charge on any atom is -0.396 e. The molecule has 1 heterocycles. The molecule has 2 rings (SSSR count). The first-order valence-electron chi connectivity index (χ1n) is 4.97. The van der Waals surface area contributed by atoms with Gasteiger partial charge in [0.1, 0.15) is 0 Å². The van der Waals surface area contributed by atoms with E-state index < -0.39 is 6.29 Å². The Morgan fingerprint density at radius 3 is 2.69 bits per heavy atom. The number of hydrogen-bond acceptors (Lipinski definition) is 3. The molecule has 2 fully saturated rings. The third-order valence-corrected chi connectivity index (χ3v) is 3.97. The van der Waals surface area contributed by atoms with Crippen molar-refractivity contribution < 1.29 is 14.9 Å². The van der Waals surface area contributed by atoms with Gasteiger partial charge in [-0.3, -0.25) is 0 Å². The van der Waals surface area contributed by atoms with E-state index in [4.69, 9.17) is 4.74 Å². The first-order chi connectivity index (χ1) is 6.00. The van der Waals surface area contributed by atoms with E-state index in [-0.39, 0.29) is 17.6 Å². The topological polar surface area (TPSA) is 49.7 Å². The molecule has 2 N–H and O–H groups in total. The molecule has 2 aliphatic rings. The van der Waals surface area contributed by atoms with E-state index >= 15 is 0 Å². The maximum Gasteiger partial charge on any atom is 0.155 e. The van der Waals surface area contributed by atoms with Gasteiger partial charge in [0, 0.05) is 18.9 Å². The van der Waals surface area contributed by atoms with Gasteiger partial charge in [-0.25, -0.2) is 0 Å². The summed E-state index contributed by atoms with van der Waals surface area (Å²) in [6, 6.07) is 0. The molecule has 1 aliphatic carbocycles. The molecule has 0 spiro atoms. The van der Waals surface area contributed by atoms with Gasteiger partial charge in [0.2, 0.25) is 0 Å². The lowest BCUT2D eigenvalue weighted by Gasteiger charge is -2.31. The zero-order chi connectivity index (χ0) is 9.69. The van der Waals surface area contributed by atoms with Crippen LogP contribution in [0.3, 0.4) is 0 Å². The lowest BCUT2D eigenvalue weighted by molar-refractivity contribution is -0.133. The van der Waals surface area contributed by atoms with Crippen LogP contribution in [0.1, 0.15) is 33.1 Å². The summed E-state index contributed by atoms with van der Waals surface area (Å²) >= 11 is 0. The molecule has 1 aliphatic heterocycles. The molecule has 0 bridgehead atoms. The summed E-state index contributed by atoms with van der Waals surface area (Å²) in [5.74, 6) is 0.306. The molecule has 1 saturated carbocycles. The Morgan fingerprint density at radius 2 is 2.08 bits per heavy atom. The van der Waals surface area contributed by atoms with E-state index in [1.807, 2.05) is 0 Å². The molecule has 3 heteroatoms. The predicted molar refractivity (Wildman–Crippen MR) is 48.0 cm³/mol. The monoisotopic (exact) mass is 186 g/mol. The van der Waals surface area contributed by atoms with Crippen molar-refractivity contribution in [3.63, 3.8) is 0 Å². The van der Waals surface area contributed by atoms with E-state index in [2.05, 4.69) is 13.8 Å². The maximum atomic E-state index is 9.42. The van der Waals surface area contributed by atoms with Gasteiger partial charge < -0.3 is 14.9 Å². The van der Waals surface area contributed by atoms with Crippen molar-refractivity contribution in [2.24, 2.45) is 11.3 Å². The molecule has 1 saturated heterocycles. The maximum absolute atomic E-state index is 9.42. The molecule has 0 aromatic rings. The summed E-state index contributed by atoms with van der Waals surface area (Å²) in [6.07, 6.45) is 2.00. The average Bonchev–Trinajstić information content (AvgIpc) is 2.49. The SMILES string of the molecule is CC1(CO)CCC2(C)OC(O)CC12. The first kappa shape index (κ1) is 9.44. The lowest BCUT2D eigenvalue weighted by atomic mass is 9.76. The van der Waals surface area contributed by atoms with Gasteiger partial charge in [-0.05, 0) is 25.2 Å². The fourth-order valence-electron chi connectivity index (χ4n) is 3.04. The van der Waals surface area contributed by atoms with Gasteiger partial charge in [-0.1, -0.05) is 6.92 Å². The van der Waals surface area contributed by atoms with E-state index in [9.17, 15) is 10.2 Å². The molecular formula is C10H18O3. The fourth-order valence-corrected chi connectivity index (χ4v) is 3.04. The molecule has 76 valence electrons. The zero-order valence-electron chi connectivity index (χ0n) is 8.29. The second kappa shape index (κ2) is 2.69. The van der Waals surface area contributed by atoms with Crippen LogP contribution in [0.15, 0.2) is 0 Å². The smallest absolute Gasteiger partial charge is 0.155 e. The summed E-state index contributed by atoms with van der Waals surface area (Å²) in [6.45, 7) is 4.34. The summed E-state index contributed by atoms with van der Waals surface area (Å²) < 4.78 is 5.51. The second-order valence-corrected chi connectivity index (χ2v) is 4.99. The Balaban J connectivity index is 2.24. The van der Waals surface area contributed by atoms with Crippen molar-refractivity contribution in [1.29, 1.82) is 0 Å². The number of hydrogen-bond donors (Lipinski definition) is 2. The number of rotatable bonds is 1. The highest BCUT2D eigenvalue weighted by Crippen LogP contribution is 2.56. The normalized spacial score (nSPS) is 55.4. The minimum absolute atomic E-state index is 0.0494. The van der Waals surface area contributed by atoms with Gasteiger partial charge in [0.05, 0.1) is 5.60 Å². The van der Waals surface area contributed by atoms with Crippen LogP contribution in [0.4, 0.5) is 0 Å². The van der Waals surface area contributed by atoms with E-state index in [1.165, 1.54) is 0 Å². The van der Waals surface area contributed by atoms with E-state index in [0.717, 1.165) is 12.8 Å². The summed E-state index contributed by atoms with van der Waals surface area (Å²) in [5, 5.41) is 18.8. The largest absolute Gasteiger partial charge is 0.396 e. The van der Waals surface area contributed by atoms with Crippen LogP contribution in [0.2, 0.25) is 0 Å². The van der Waals surface area contributed by atoms with Gasteiger partial charge in [-0.15, -0.1) is 0 Å². The van der Waals surface area contributed by atoms with Crippen molar-refractivity contribution in [3.8, 4) is 0 Å². The summed E-state index contributed by atoms with van der Waals surface area (Å²) in [7, 11) is 0. The molecule has 0 radical (unpaired) electrons. The number of aliphatic hydroxyl groups is 2. The number of aliphatic hydroxyl groups excluding tert-OH is 2. The molecule has 0 amide bonds. The second-order valence-electron chi connectivity index (χ2n) is 4.99. The molecule has 4 unspecified atom stereocenters. The third kappa shape index (κ3) is 1.22. The van der Waals surface area contributed by atoms with Crippen LogP contribution in [0.5, 0.6) is 0 Å². The number of fused-ring (bicyclic) bond motifs is 1. The predicted octanol–water partition coefficient (Wildman–Crippen LogP) is 0.892. The fraction of sp³-hybridized carbons (Fsp3) is 1.00. The number of ether oxygens (including phenoxy) is 1. The van der Waals surface area contributed by atoms with Crippen LogP contribution in [-0.4, -0.2) is 28.7 Å². The Bertz CT molecular complexity index is 214. The Hall–Kier alpha value is -0.120. The molecule has 13 heavy (non-hydrogen) atoms. The van der Waals surface area contributed by atoms with Gasteiger partial charge in [-0.2, -0.15) is 0 Å². The van der Waals surface area contributed by atoms with Crippen molar-refractivity contribution in [2.45, 2.75) is 45.0 Å². The summed E-state index contributed by atoms with van der Waals surface area (Å²) in [4.78, 5) is 0. The highest BCUT2D eigenvalue weighted by atomic mass is 16.6. The van der Waals surface area contributed by atoms with Crippen LogP contribution in [0, 0.1) is 11.3 Å². The van der Waals surface area contributed by atoms with Gasteiger partial charge >= 0.3 is 0 Å². The molecule has 4 atom stereocenters. The van der Waals surface area contributed by atoms with Crippen molar-refractivity contribution in [1.82, 2.24) is 0 Å². The van der Waals surface area contributed by atoms with Gasteiger partial charge in [0.25, 0.3) is 0 Å². The van der Waals surface area contributed by atoms with Gasteiger partial charge in [0.15, 0.2) is 6.29 Å². The minimum atomic E-state index is -0.624. The van der Waals surface area contributed by atoms with E-state index in [1.54, 1.807) is 0 Å². The van der Waals surface area contributed by atoms with Crippen molar-refractivity contribution in [3.05, 3.63) is 0 Å². The lowest BCUT2D eigenvalue weighted by Crippen LogP contribution is -2.34. The highest BCUT2D eigenvalue weighted by molar-refractivity contribution is 5.05. The van der Waals surface area contributed by atoms with E-state index in [0.29, 0.717) is 12.3 Å². The molecule has 3 nitrogen and oxygen atoms in total. The zero-order valence-corrected chi connectivity index (χ0v) is 8.29. The Morgan fingerprint density at radius 1 is 1.38 bits per heavy atom. The molecular weight excluding hydrogens is 168 g/mol. The quantitative estimate of drug-likeness (QED) is 0.639. The molecule has 0 aromatic heterocycles. The molecule has 0 aromatic carbocycles. The van der Waals surface area contributed by atoms with Crippen LogP contribution >= 0.6 is 0 Å². The standard InChI is InChI=1S/C10H18O3/c1-9(6-11)3-4-10(2)7(9)5-8(12)13-10/h7-8,11-12H,3-6H2,1-2H3.